The van der Waals surface area contributed by atoms with Crippen LogP contribution in [0.5, 0.6) is 0 Å². The fraction of sp³-hybridized carbons (Fsp3) is 0.192. The number of thiophene rings is 1. The Bertz CT molecular complexity index is 1270. The molecule has 8 heteroatoms. The number of hydrogen-bond acceptors (Lipinski definition) is 6. The average molecular weight is 474 g/mol. The molecule has 1 aliphatic rings. The number of carbonyl (C=O) groups is 2. The lowest BCUT2D eigenvalue weighted by atomic mass is 9.81. The number of nitrogens with zero attached hydrogens (tertiary/aromatic N) is 2. The van der Waals surface area contributed by atoms with Crippen molar-refractivity contribution in [1.82, 2.24) is 9.88 Å². The van der Waals surface area contributed by atoms with Crippen LogP contribution in [0.2, 0.25) is 0 Å². The van der Waals surface area contributed by atoms with E-state index in [2.05, 4.69) is 10.3 Å². The highest BCUT2D eigenvalue weighted by atomic mass is 32.1. The van der Waals surface area contributed by atoms with E-state index in [4.69, 9.17) is 9.15 Å². The van der Waals surface area contributed by atoms with Gasteiger partial charge in [0.05, 0.1) is 24.8 Å². The number of aromatic nitrogens is 1. The molecular formula is C26H23N3O4S. The molecule has 5 rings (SSSR count). The second kappa shape index (κ2) is 9.62. The number of benzene rings is 2. The van der Waals surface area contributed by atoms with E-state index in [1.165, 1.54) is 6.39 Å². The summed E-state index contributed by atoms with van der Waals surface area (Å²) in [6.45, 7) is 0.773. The van der Waals surface area contributed by atoms with E-state index in [-0.39, 0.29) is 11.8 Å². The Balaban J connectivity index is 1.50. The van der Waals surface area contributed by atoms with Gasteiger partial charge in [-0.1, -0.05) is 24.3 Å². The molecule has 0 radical (unpaired) electrons. The normalized spacial score (nSPS) is 17.4. The van der Waals surface area contributed by atoms with Gasteiger partial charge in [-0.15, -0.1) is 11.3 Å². The summed E-state index contributed by atoms with van der Waals surface area (Å²) in [5, 5.41) is 5.02. The lowest BCUT2D eigenvalue weighted by molar-refractivity contribution is -0.119. The SMILES string of the molecule is COCCN1C(=O)c2ccccc2C(C(=O)Nc2ccc(-c3cnco3)cc2)C1c1cccs1. The first-order valence-corrected chi connectivity index (χ1v) is 11.8. The summed E-state index contributed by atoms with van der Waals surface area (Å²) in [4.78, 5) is 33.9. The number of nitrogens with one attached hydrogen (secondary N) is 1. The van der Waals surface area contributed by atoms with Gasteiger partial charge >= 0.3 is 0 Å². The number of oxazole rings is 1. The first-order valence-electron chi connectivity index (χ1n) is 10.9. The number of amides is 2. The van der Waals surface area contributed by atoms with Crippen molar-refractivity contribution in [3.8, 4) is 11.3 Å². The Morgan fingerprint density at radius 2 is 1.97 bits per heavy atom. The van der Waals surface area contributed by atoms with Crippen molar-refractivity contribution in [2.24, 2.45) is 0 Å². The van der Waals surface area contributed by atoms with Crippen molar-refractivity contribution >= 4 is 28.8 Å². The molecule has 2 aromatic heterocycles. The number of fused-ring (bicyclic) bond motifs is 1. The van der Waals surface area contributed by atoms with Crippen LogP contribution in [-0.4, -0.2) is 42.0 Å². The van der Waals surface area contributed by atoms with Crippen LogP contribution >= 0.6 is 11.3 Å². The minimum atomic E-state index is -0.571. The molecule has 0 saturated heterocycles. The predicted molar refractivity (Wildman–Crippen MR) is 130 cm³/mol. The maximum Gasteiger partial charge on any atom is 0.254 e. The smallest absolute Gasteiger partial charge is 0.254 e. The van der Waals surface area contributed by atoms with E-state index in [0.717, 1.165) is 16.0 Å². The topological polar surface area (TPSA) is 84.7 Å². The maximum atomic E-state index is 13.8. The Labute approximate surface area is 201 Å². The molecule has 172 valence electrons. The average Bonchev–Trinajstić information content (AvgIpc) is 3.58. The molecule has 0 bridgehead atoms. The lowest BCUT2D eigenvalue weighted by Gasteiger charge is -2.41. The third-order valence-corrected chi connectivity index (χ3v) is 6.90. The highest BCUT2D eigenvalue weighted by Gasteiger charge is 2.44. The fourth-order valence-electron chi connectivity index (χ4n) is 4.38. The molecule has 0 fully saturated rings. The monoisotopic (exact) mass is 473 g/mol. The van der Waals surface area contributed by atoms with E-state index in [9.17, 15) is 9.59 Å². The molecule has 2 atom stereocenters. The first-order chi connectivity index (χ1) is 16.7. The molecular weight excluding hydrogens is 450 g/mol. The molecule has 0 saturated carbocycles. The minimum Gasteiger partial charge on any atom is -0.444 e. The summed E-state index contributed by atoms with van der Waals surface area (Å²) >= 11 is 1.54. The summed E-state index contributed by atoms with van der Waals surface area (Å²) < 4.78 is 10.6. The number of rotatable bonds is 7. The van der Waals surface area contributed by atoms with Crippen LogP contribution in [0, 0.1) is 0 Å². The number of carbonyl (C=O) groups excluding carboxylic acids is 2. The van der Waals surface area contributed by atoms with Gasteiger partial charge in [0.25, 0.3) is 5.91 Å². The lowest BCUT2D eigenvalue weighted by Crippen LogP contribution is -2.47. The van der Waals surface area contributed by atoms with E-state index in [1.54, 1.807) is 35.6 Å². The number of hydrogen-bond donors (Lipinski definition) is 1. The highest BCUT2D eigenvalue weighted by Crippen LogP contribution is 2.44. The standard InChI is InChI=1S/C26H23N3O4S/c1-32-13-12-29-24(22-7-4-14-34-22)23(19-5-2-3-6-20(19)26(29)31)25(30)28-18-10-8-17(9-11-18)21-15-27-16-33-21/h2-11,14-16,23-24H,12-13H2,1H3,(H,28,30). The van der Waals surface area contributed by atoms with E-state index in [0.29, 0.717) is 30.2 Å². The van der Waals surface area contributed by atoms with Crippen LogP contribution in [0.15, 0.2) is 83.1 Å². The second-order valence-electron chi connectivity index (χ2n) is 7.95. The highest BCUT2D eigenvalue weighted by molar-refractivity contribution is 7.10. The first kappa shape index (κ1) is 22.1. The molecule has 1 N–H and O–H groups in total. The third kappa shape index (κ3) is 4.13. The van der Waals surface area contributed by atoms with Gasteiger partial charge in [0, 0.05) is 35.3 Å². The molecule has 2 unspecified atom stereocenters. The van der Waals surface area contributed by atoms with Gasteiger partial charge in [0.1, 0.15) is 0 Å². The minimum absolute atomic E-state index is 0.0912. The van der Waals surface area contributed by atoms with E-state index < -0.39 is 12.0 Å². The second-order valence-corrected chi connectivity index (χ2v) is 8.93. The molecule has 2 amide bonds. The fourth-order valence-corrected chi connectivity index (χ4v) is 5.26. The molecule has 0 spiro atoms. The van der Waals surface area contributed by atoms with Crippen LogP contribution in [0.1, 0.15) is 32.8 Å². The summed E-state index contributed by atoms with van der Waals surface area (Å²) in [5.74, 6) is -0.179. The van der Waals surface area contributed by atoms with Crippen molar-refractivity contribution in [2.45, 2.75) is 12.0 Å². The van der Waals surface area contributed by atoms with Crippen LogP contribution in [-0.2, 0) is 9.53 Å². The van der Waals surface area contributed by atoms with Crippen molar-refractivity contribution in [3.63, 3.8) is 0 Å². The van der Waals surface area contributed by atoms with Crippen molar-refractivity contribution < 1.29 is 18.7 Å². The number of ether oxygens (including phenoxy) is 1. The quantitative estimate of drug-likeness (QED) is 0.410. The van der Waals surface area contributed by atoms with Crippen LogP contribution in [0.4, 0.5) is 5.69 Å². The Morgan fingerprint density at radius 1 is 1.15 bits per heavy atom. The van der Waals surface area contributed by atoms with Gasteiger partial charge in [-0.05, 0) is 47.3 Å². The zero-order valence-electron chi connectivity index (χ0n) is 18.5. The van der Waals surface area contributed by atoms with Crippen LogP contribution in [0.25, 0.3) is 11.3 Å². The van der Waals surface area contributed by atoms with Gasteiger partial charge in [-0.3, -0.25) is 9.59 Å². The molecule has 34 heavy (non-hydrogen) atoms. The predicted octanol–water partition coefficient (Wildman–Crippen LogP) is 4.97. The Hall–Kier alpha value is -3.75. The van der Waals surface area contributed by atoms with Gasteiger partial charge in [0.2, 0.25) is 5.91 Å². The largest absolute Gasteiger partial charge is 0.444 e. The molecule has 3 heterocycles. The molecule has 2 aromatic carbocycles. The number of anilines is 1. The molecule has 4 aromatic rings. The maximum absolute atomic E-state index is 13.8. The van der Waals surface area contributed by atoms with Crippen molar-refractivity contribution in [2.75, 3.05) is 25.6 Å². The van der Waals surface area contributed by atoms with Crippen molar-refractivity contribution in [3.05, 3.63) is 94.6 Å². The zero-order chi connectivity index (χ0) is 23.5. The molecule has 0 aliphatic carbocycles. The summed E-state index contributed by atoms with van der Waals surface area (Å²) in [7, 11) is 1.61. The third-order valence-electron chi connectivity index (χ3n) is 5.96. The van der Waals surface area contributed by atoms with Crippen LogP contribution in [0.3, 0.4) is 0 Å². The van der Waals surface area contributed by atoms with Gasteiger partial charge in [0.15, 0.2) is 12.2 Å². The molecule has 1 aliphatic heterocycles. The summed E-state index contributed by atoms with van der Waals surface area (Å²) in [5.41, 5.74) is 2.81. The van der Waals surface area contributed by atoms with Crippen LogP contribution < -0.4 is 5.32 Å². The van der Waals surface area contributed by atoms with E-state index in [1.807, 2.05) is 60.0 Å². The van der Waals surface area contributed by atoms with Gasteiger partial charge < -0.3 is 19.4 Å². The Kier molecular flexibility index (Phi) is 6.24. The summed E-state index contributed by atoms with van der Waals surface area (Å²) in [6.07, 6.45) is 3.02. The van der Waals surface area contributed by atoms with Crippen molar-refractivity contribution in [1.29, 1.82) is 0 Å². The van der Waals surface area contributed by atoms with Gasteiger partial charge in [-0.25, -0.2) is 4.98 Å². The zero-order valence-corrected chi connectivity index (χ0v) is 19.3. The Morgan fingerprint density at radius 3 is 2.68 bits per heavy atom. The summed E-state index contributed by atoms with van der Waals surface area (Å²) in [6, 6.07) is 18.3. The number of methoxy groups -OCH3 is 1. The molecule has 7 nitrogen and oxygen atoms in total. The van der Waals surface area contributed by atoms with Gasteiger partial charge in [-0.2, -0.15) is 0 Å². The van der Waals surface area contributed by atoms with E-state index >= 15 is 0 Å².